The van der Waals surface area contributed by atoms with Gasteiger partial charge in [-0.3, -0.25) is 9.59 Å². The highest BCUT2D eigenvalue weighted by Crippen LogP contribution is 2.33. The first-order valence-electron chi connectivity index (χ1n) is 6.57. The number of aliphatic carboxylic acids is 1. The van der Waals surface area contributed by atoms with E-state index in [0.29, 0.717) is 36.4 Å². The van der Waals surface area contributed by atoms with E-state index in [1.165, 1.54) is 0 Å². The number of carboxylic acid groups (broad SMARTS) is 1. The van der Waals surface area contributed by atoms with Crippen molar-refractivity contribution in [1.82, 2.24) is 4.90 Å². The van der Waals surface area contributed by atoms with Crippen LogP contribution >= 0.6 is 0 Å². The molecule has 2 aliphatic rings. The molecule has 0 bridgehead atoms. The zero-order valence-corrected chi connectivity index (χ0v) is 10.9. The molecule has 1 amide bonds. The molecule has 106 valence electrons. The van der Waals surface area contributed by atoms with Gasteiger partial charge in [0, 0.05) is 18.7 Å². The van der Waals surface area contributed by atoms with E-state index in [0.717, 1.165) is 0 Å². The third-order valence-corrected chi connectivity index (χ3v) is 3.68. The second-order valence-electron chi connectivity index (χ2n) is 5.00. The lowest BCUT2D eigenvalue weighted by atomic mass is 9.97. The number of rotatable bonds is 2. The van der Waals surface area contributed by atoms with Crippen LogP contribution in [0.4, 0.5) is 0 Å². The molecular weight excluding hydrogens is 262 g/mol. The third kappa shape index (κ3) is 2.29. The molecule has 6 nitrogen and oxygen atoms in total. The van der Waals surface area contributed by atoms with Gasteiger partial charge >= 0.3 is 5.97 Å². The quantitative estimate of drug-likeness (QED) is 0.883. The van der Waals surface area contributed by atoms with E-state index in [1.54, 1.807) is 23.1 Å². The molecule has 1 unspecified atom stereocenters. The van der Waals surface area contributed by atoms with Crippen LogP contribution in [0, 0.1) is 5.92 Å². The number of nitrogens with zero attached hydrogens (tertiary/aromatic N) is 1. The van der Waals surface area contributed by atoms with E-state index >= 15 is 0 Å². The SMILES string of the molecule is O=C(O)C1CCCN(C(=O)c2ccc3c(c2)OCO3)C1. The summed E-state index contributed by atoms with van der Waals surface area (Å²) in [5.74, 6) is -0.282. The van der Waals surface area contributed by atoms with E-state index in [1.807, 2.05) is 0 Å². The maximum Gasteiger partial charge on any atom is 0.308 e. The summed E-state index contributed by atoms with van der Waals surface area (Å²) >= 11 is 0. The molecule has 1 saturated heterocycles. The van der Waals surface area contributed by atoms with Crippen molar-refractivity contribution in [1.29, 1.82) is 0 Å². The zero-order chi connectivity index (χ0) is 14.1. The maximum absolute atomic E-state index is 12.4. The van der Waals surface area contributed by atoms with Gasteiger partial charge in [0.1, 0.15) is 0 Å². The van der Waals surface area contributed by atoms with Crippen LogP contribution in [0.3, 0.4) is 0 Å². The Labute approximate surface area is 115 Å². The average Bonchev–Trinajstić information content (AvgIpc) is 2.94. The van der Waals surface area contributed by atoms with Gasteiger partial charge < -0.3 is 19.5 Å². The molecule has 1 aromatic rings. The van der Waals surface area contributed by atoms with Crippen molar-refractivity contribution in [2.45, 2.75) is 12.8 Å². The standard InChI is InChI=1S/C14H15NO5/c16-13(15-5-1-2-10(7-15)14(17)18)9-3-4-11-12(6-9)20-8-19-11/h3-4,6,10H,1-2,5,7-8H2,(H,17,18). The van der Waals surface area contributed by atoms with Crippen LogP contribution in [0.5, 0.6) is 11.5 Å². The minimum atomic E-state index is -0.840. The van der Waals surface area contributed by atoms with Gasteiger partial charge in [-0.25, -0.2) is 0 Å². The van der Waals surface area contributed by atoms with E-state index in [9.17, 15) is 9.59 Å². The molecule has 0 spiro atoms. The number of benzene rings is 1. The van der Waals surface area contributed by atoms with Crippen molar-refractivity contribution >= 4 is 11.9 Å². The molecule has 3 rings (SSSR count). The maximum atomic E-state index is 12.4. The van der Waals surface area contributed by atoms with Crippen LogP contribution in [0.25, 0.3) is 0 Å². The van der Waals surface area contributed by atoms with Crippen LogP contribution < -0.4 is 9.47 Å². The molecule has 1 aromatic carbocycles. The van der Waals surface area contributed by atoms with Crippen LogP contribution in [0.15, 0.2) is 18.2 Å². The molecular formula is C14H15NO5. The number of hydrogen-bond acceptors (Lipinski definition) is 4. The lowest BCUT2D eigenvalue weighted by Gasteiger charge is -2.30. The fraction of sp³-hybridized carbons (Fsp3) is 0.429. The first-order chi connectivity index (χ1) is 9.65. The van der Waals surface area contributed by atoms with Gasteiger partial charge in [-0.05, 0) is 31.0 Å². The number of ether oxygens (including phenoxy) is 2. The molecule has 2 heterocycles. The van der Waals surface area contributed by atoms with Crippen molar-refractivity contribution in [3.8, 4) is 11.5 Å². The summed E-state index contributed by atoms with van der Waals surface area (Å²) in [5, 5.41) is 9.06. The number of fused-ring (bicyclic) bond motifs is 1. The Morgan fingerprint density at radius 1 is 1.25 bits per heavy atom. The second-order valence-corrected chi connectivity index (χ2v) is 5.00. The van der Waals surface area contributed by atoms with Gasteiger partial charge in [-0.2, -0.15) is 0 Å². The molecule has 1 N–H and O–H groups in total. The summed E-state index contributed by atoms with van der Waals surface area (Å²) < 4.78 is 10.5. The predicted molar refractivity (Wildman–Crippen MR) is 68.8 cm³/mol. The van der Waals surface area contributed by atoms with Crippen molar-refractivity contribution in [3.63, 3.8) is 0 Å². The summed E-state index contributed by atoms with van der Waals surface area (Å²) in [6, 6.07) is 5.03. The molecule has 1 fully saturated rings. The number of carbonyl (C=O) groups excluding carboxylic acids is 1. The topological polar surface area (TPSA) is 76.1 Å². The lowest BCUT2D eigenvalue weighted by molar-refractivity contribution is -0.143. The zero-order valence-electron chi connectivity index (χ0n) is 10.9. The normalized spacial score (nSPS) is 20.8. The first-order valence-corrected chi connectivity index (χ1v) is 6.57. The Bertz CT molecular complexity index is 556. The van der Waals surface area contributed by atoms with Crippen LogP contribution in [-0.2, 0) is 4.79 Å². The smallest absolute Gasteiger partial charge is 0.308 e. The van der Waals surface area contributed by atoms with Gasteiger partial charge in [0.25, 0.3) is 5.91 Å². The Morgan fingerprint density at radius 2 is 2.05 bits per heavy atom. The Balaban J connectivity index is 1.76. The molecule has 0 aromatic heterocycles. The molecule has 0 aliphatic carbocycles. The highest BCUT2D eigenvalue weighted by atomic mass is 16.7. The lowest BCUT2D eigenvalue weighted by Crippen LogP contribution is -2.42. The summed E-state index contributed by atoms with van der Waals surface area (Å²) in [5.41, 5.74) is 0.500. The van der Waals surface area contributed by atoms with Gasteiger partial charge in [0.05, 0.1) is 5.92 Å². The average molecular weight is 277 g/mol. The van der Waals surface area contributed by atoms with Crippen LogP contribution in [-0.4, -0.2) is 41.8 Å². The summed E-state index contributed by atoms with van der Waals surface area (Å²) in [6.45, 7) is 1.03. The summed E-state index contributed by atoms with van der Waals surface area (Å²) in [4.78, 5) is 25.0. The summed E-state index contributed by atoms with van der Waals surface area (Å²) in [6.07, 6.45) is 1.34. The Hall–Kier alpha value is -2.24. The van der Waals surface area contributed by atoms with E-state index in [2.05, 4.69) is 0 Å². The molecule has 1 atom stereocenters. The van der Waals surface area contributed by atoms with Gasteiger partial charge in [-0.15, -0.1) is 0 Å². The molecule has 2 aliphatic heterocycles. The van der Waals surface area contributed by atoms with Gasteiger partial charge in [0.15, 0.2) is 11.5 Å². The largest absolute Gasteiger partial charge is 0.481 e. The number of carbonyl (C=O) groups is 2. The van der Waals surface area contributed by atoms with Crippen molar-refractivity contribution in [2.75, 3.05) is 19.9 Å². The number of carboxylic acids is 1. The van der Waals surface area contributed by atoms with Gasteiger partial charge in [-0.1, -0.05) is 0 Å². The third-order valence-electron chi connectivity index (χ3n) is 3.68. The van der Waals surface area contributed by atoms with Crippen LogP contribution in [0.1, 0.15) is 23.2 Å². The van der Waals surface area contributed by atoms with Crippen molar-refractivity contribution < 1.29 is 24.2 Å². The van der Waals surface area contributed by atoms with E-state index < -0.39 is 11.9 Å². The van der Waals surface area contributed by atoms with Crippen molar-refractivity contribution in [3.05, 3.63) is 23.8 Å². The first kappa shape index (κ1) is 12.8. The van der Waals surface area contributed by atoms with E-state index in [-0.39, 0.29) is 19.2 Å². The minimum absolute atomic E-state index is 0.158. The monoisotopic (exact) mass is 277 g/mol. The minimum Gasteiger partial charge on any atom is -0.481 e. The number of amides is 1. The Kier molecular flexibility index (Phi) is 3.22. The van der Waals surface area contributed by atoms with Crippen LogP contribution in [0.2, 0.25) is 0 Å². The Morgan fingerprint density at radius 3 is 2.85 bits per heavy atom. The number of hydrogen-bond donors (Lipinski definition) is 1. The molecule has 0 radical (unpaired) electrons. The van der Waals surface area contributed by atoms with Gasteiger partial charge in [0.2, 0.25) is 6.79 Å². The molecule has 0 saturated carbocycles. The number of likely N-dealkylation sites (tertiary alicyclic amines) is 1. The highest BCUT2D eigenvalue weighted by molar-refractivity contribution is 5.95. The predicted octanol–water partition coefficient (Wildman–Crippen LogP) is 1.35. The second kappa shape index (κ2) is 5.03. The highest BCUT2D eigenvalue weighted by Gasteiger charge is 2.29. The molecule has 6 heteroatoms. The fourth-order valence-corrected chi connectivity index (χ4v) is 2.58. The number of piperidine rings is 1. The van der Waals surface area contributed by atoms with E-state index in [4.69, 9.17) is 14.6 Å². The molecule has 20 heavy (non-hydrogen) atoms. The fourth-order valence-electron chi connectivity index (χ4n) is 2.58. The summed E-state index contributed by atoms with van der Waals surface area (Å²) in [7, 11) is 0. The van der Waals surface area contributed by atoms with Crippen molar-refractivity contribution in [2.24, 2.45) is 5.92 Å².